The SMILES string of the molecule is Cc1nsc(C)c1S(=O)(=O)CCc1ccc(O)c2c1CC1CC3C(N(C)C)C(=O)C(C(N)=O)=C(O)C3(O)C(=O)C1=C2O. The van der Waals surface area contributed by atoms with Crippen LogP contribution in [0.1, 0.15) is 33.7 Å². The van der Waals surface area contributed by atoms with Crippen LogP contribution in [0.15, 0.2) is 33.9 Å². The molecule has 1 amide bonds. The molecule has 4 unspecified atom stereocenters. The third-order valence-electron chi connectivity index (χ3n) is 8.62. The van der Waals surface area contributed by atoms with E-state index in [-0.39, 0.29) is 46.8 Å². The van der Waals surface area contributed by atoms with E-state index in [1.165, 1.54) is 25.1 Å². The summed E-state index contributed by atoms with van der Waals surface area (Å²) in [7, 11) is -0.665. The van der Waals surface area contributed by atoms with Gasteiger partial charge < -0.3 is 26.2 Å². The van der Waals surface area contributed by atoms with Crippen LogP contribution < -0.4 is 5.73 Å². The molecule has 1 saturated carbocycles. The molecule has 224 valence electrons. The number of sulfone groups is 1. The Morgan fingerprint density at radius 1 is 1.19 bits per heavy atom. The number of phenolic OH excluding ortho intramolecular Hbond substituents is 1. The van der Waals surface area contributed by atoms with E-state index in [9.17, 15) is 43.2 Å². The van der Waals surface area contributed by atoms with E-state index in [1.54, 1.807) is 19.9 Å². The minimum atomic E-state index is -3.71. The molecule has 14 heteroatoms. The van der Waals surface area contributed by atoms with Gasteiger partial charge in [-0.25, -0.2) is 8.42 Å². The molecule has 5 rings (SSSR count). The van der Waals surface area contributed by atoms with E-state index in [0.29, 0.717) is 21.7 Å². The van der Waals surface area contributed by atoms with Gasteiger partial charge in [-0.2, -0.15) is 4.37 Å². The maximum atomic E-state index is 13.9. The van der Waals surface area contributed by atoms with Crippen molar-refractivity contribution in [2.45, 2.75) is 49.6 Å². The largest absolute Gasteiger partial charge is 0.508 e. The predicted molar refractivity (Wildman–Crippen MR) is 152 cm³/mol. The second-order valence-electron chi connectivity index (χ2n) is 11.3. The van der Waals surface area contributed by atoms with Crippen molar-refractivity contribution in [3.8, 4) is 5.75 Å². The van der Waals surface area contributed by atoms with Gasteiger partial charge >= 0.3 is 0 Å². The van der Waals surface area contributed by atoms with Gasteiger partial charge in [0.2, 0.25) is 5.78 Å². The number of likely N-dealkylation sites (N-methyl/N-ethyl adjacent to an activating group) is 1. The smallest absolute Gasteiger partial charge is 0.255 e. The molecule has 1 aromatic heterocycles. The normalized spacial score (nSPS) is 25.9. The minimum Gasteiger partial charge on any atom is -0.508 e. The Labute approximate surface area is 245 Å². The number of hydrogen-bond donors (Lipinski definition) is 5. The Hall–Kier alpha value is -3.59. The van der Waals surface area contributed by atoms with Crippen molar-refractivity contribution in [1.82, 2.24) is 9.27 Å². The Morgan fingerprint density at radius 2 is 1.86 bits per heavy atom. The maximum absolute atomic E-state index is 13.9. The first-order valence-corrected chi connectivity index (χ1v) is 15.6. The second-order valence-corrected chi connectivity index (χ2v) is 14.3. The van der Waals surface area contributed by atoms with Gasteiger partial charge in [-0.15, -0.1) is 0 Å². The van der Waals surface area contributed by atoms with E-state index in [4.69, 9.17) is 5.73 Å². The number of carbonyl (C=O) groups is 3. The summed E-state index contributed by atoms with van der Waals surface area (Å²) in [5.74, 6) is -7.61. The van der Waals surface area contributed by atoms with Crippen molar-refractivity contribution in [3.63, 3.8) is 0 Å². The third kappa shape index (κ3) is 4.19. The molecule has 42 heavy (non-hydrogen) atoms. The van der Waals surface area contributed by atoms with E-state index in [0.717, 1.165) is 11.5 Å². The van der Waals surface area contributed by atoms with Crippen LogP contribution >= 0.6 is 11.5 Å². The van der Waals surface area contributed by atoms with E-state index in [1.807, 2.05) is 0 Å². The van der Waals surface area contributed by atoms with E-state index >= 15 is 0 Å². The predicted octanol–water partition coefficient (Wildman–Crippen LogP) is 1.05. The van der Waals surface area contributed by atoms with Crippen LogP contribution in [0.2, 0.25) is 0 Å². The average Bonchev–Trinajstić information content (AvgIpc) is 3.23. The van der Waals surface area contributed by atoms with Crippen LogP contribution in [0.25, 0.3) is 5.76 Å². The first-order chi connectivity index (χ1) is 19.5. The lowest BCUT2D eigenvalue weighted by Crippen LogP contribution is -2.65. The van der Waals surface area contributed by atoms with Crippen molar-refractivity contribution >= 4 is 44.6 Å². The molecule has 4 atom stereocenters. The molecular weight excluding hydrogens is 586 g/mol. The number of rotatable bonds is 6. The molecule has 3 aliphatic rings. The summed E-state index contributed by atoms with van der Waals surface area (Å²) in [4.78, 5) is 41.5. The lowest BCUT2D eigenvalue weighted by Gasteiger charge is -2.50. The first kappa shape index (κ1) is 29.9. The molecular formula is C28H31N3O9S2. The highest BCUT2D eigenvalue weighted by Gasteiger charge is 2.64. The number of fused-ring (bicyclic) bond motifs is 3. The van der Waals surface area contributed by atoms with Gasteiger partial charge in [-0.3, -0.25) is 19.3 Å². The number of aromatic nitrogens is 1. The average molecular weight is 618 g/mol. The van der Waals surface area contributed by atoms with Crippen molar-refractivity contribution in [2.24, 2.45) is 17.6 Å². The molecule has 1 fully saturated rings. The number of hydrogen-bond acceptors (Lipinski definition) is 12. The number of aromatic hydroxyl groups is 1. The highest BCUT2D eigenvalue weighted by molar-refractivity contribution is 7.91. The lowest BCUT2D eigenvalue weighted by molar-refractivity contribution is -0.153. The summed E-state index contributed by atoms with van der Waals surface area (Å²) < 4.78 is 30.5. The fraction of sp³-hybridized carbons (Fsp3) is 0.429. The number of phenols is 1. The van der Waals surface area contributed by atoms with Gasteiger partial charge in [0, 0.05) is 16.4 Å². The number of Topliss-reactive ketones (excluding diaryl/α,β-unsaturated/α-hetero) is 2. The van der Waals surface area contributed by atoms with Gasteiger partial charge in [0.25, 0.3) is 5.91 Å². The molecule has 0 bridgehead atoms. The Balaban J connectivity index is 1.61. The van der Waals surface area contributed by atoms with Crippen molar-refractivity contribution in [2.75, 3.05) is 19.8 Å². The molecule has 0 spiro atoms. The van der Waals surface area contributed by atoms with Crippen molar-refractivity contribution < 1.29 is 43.2 Å². The molecule has 0 aliphatic heterocycles. The summed E-state index contributed by atoms with van der Waals surface area (Å²) in [5.41, 5.74) is 2.78. The molecule has 2 aromatic rings. The van der Waals surface area contributed by atoms with Gasteiger partial charge in [0.15, 0.2) is 21.2 Å². The monoisotopic (exact) mass is 617 g/mol. The molecule has 12 nitrogen and oxygen atoms in total. The zero-order chi connectivity index (χ0) is 31.0. The Morgan fingerprint density at radius 3 is 2.43 bits per heavy atom. The van der Waals surface area contributed by atoms with Crippen LogP contribution in [0.5, 0.6) is 5.75 Å². The number of carbonyl (C=O) groups excluding carboxylic acids is 3. The molecule has 1 heterocycles. The quantitative estimate of drug-likeness (QED) is 0.289. The minimum absolute atomic E-state index is 0.0423. The zero-order valence-corrected chi connectivity index (χ0v) is 25.0. The number of benzene rings is 1. The topological polar surface area (TPSA) is 208 Å². The zero-order valence-electron chi connectivity index (χ0n) is 23.3. The summed E-state index contributed by atoms with van der Waals surface area (Å²) >= 11 is 1.10. The lowest BCUT2D eigenvalue weighted by atomic mass is 9.57. The van der Waals surface area contributed by atoms with E-state index < -0.39 is 67.9 Å². The number of primary amides is 1. The van der Waals surface area contributed by atoms with Gasteiger partial charge in [0.05, 0.1) is 23.1 Å². The number of nitrogens with zero attached hydrogens (tertiary/aromatic N) is 2. The first-order valence-electron chi connectivity index (χ1n) is 13.2. The van der Waals surface area contributed by atoms with Crippen LogP contribution in [0.4, 0.5) is 0 Å². The van der Waals surface area contributed by atoms with Gasteiger partial charge in [-0.05, 0) is 81.8 Å². The Bertz CT molecular complexity index is 1720. The molecule has 1 aromatic carbocycles. The van der Waals surface area contributed by atoms with Crippen molar-refractivity contribution in [3.05, 3.63) is 56.3 Å². The number of aliphatic hydroxyl groups excluding tert-OH is 2. The number of nitrogens with two attached hydrogens (primary N) is 1. The summed E-state index contributed by atoms with van der Waals surface area (Å²) in [6.07, 6.45) is 0.0646. The Kier molecular flexibility index (Phi) is 7.12. The van der Waals surface area contributed by atoms with Crippen LogP contribution in [-0.4, -0.2) is 87.1 Å². The fourth-order valence-electron chi connectivity index (χ4n) is 6.81. The summed E-state index contributed by atoms with van der Waals surface area (Å²) in [6.45, 7) is 3.31. The second kappa shape index (κ2) is 10.0. The summed E-state index contributed by atoms with van der Waals surface area (Å²) in [6, 6.07) is 1.66. The standard InChI is InChI=1S/C28H31N3O9S2/c1-11-24(12(2)41-30-11)42(39,40)8-7-13-5-6-17(32)19-15(13)9-14-10-16-21(31(3)4)23(34)20(27(29)37)26(36)28(16,38)25(35)18(14)22(19)33/h5-6,14,16,21,32-33,36,38H,7-10H2,1-4H3,(H2,29,37). The number of aliphatic hydroxyl groups is 3. The van der Waals surface area contributed by atoms with Crippen LogP contribution in [0.3, 0.4) is 0 Å². The molecule has 6 N–H and O–H groups in total. The van der Waals surface area contributed by atoms with Crippen LogP contribution in [0, 0.1) is 25.7 Å². The number of amides is 1. The highest BCUT2D eigenvalue weighted by Crippen LogP contribution is 2.53. The van der Waals surface area contributed by atoms with Gasteiger partial charge in [-0.1, -0.05) is 6.07 Å². The van der Waals surface area contributed by atoms with Crippen LogP contribution in [-0.2, 0) is 37.1 Å². The van der Waals surface area contributed by atoms with Gasteiger partial charge in [0.1, 0.15) is 27.7 Å². The number of aryl methyl sites for hydroxylation is 3. The third-order valence-corrected chi connectivity index (χ3v) is 11.6. The highest BCUT2D eigenvalue weighted by atomic mass is 32.2. The van der Waals surface area contributed by atoms with E-state index in [2.05, 4.69) is 4.37 Å². The summed E-state index contributed by atoms with van der Waals surface area (Å²) in [5, 5.41) is 44.7. The maximum Gasteiger partial charge on any atom is 0.255 e. The molecule has 0 radical (unpaired) electrons. The molecule has 3 aliphatic carbocycles. The molecule has 0 saturated heterocycles. The number of ketones is 2. The van der Waals surface area contributed by atoms with Crippen molar-refractivity contribution in [1.29, 1.82) is 0 Å². The fourth-order valence-corrected chi connectivity index (χ4v) is 9.58.